The number of nitriles is 1. The molecule has 0 aliphatic heterocycles. The Morgan fingerprint density at radius 3 is 2.62 bits per heavy atom. The minimum Gasteiger partial charge on any atom is -0.481 e. The van der Waals surface area contributed by atoms with E-state index in [1.165, 1.54) is 0 Å². The van der Waals surface area contributed by atoms with Crippen LogP contribution in [0.5, 0.6) is 5.75 Å². The van der Waals surface area contributed by atoms with E-state index in [2.05, 4.69) is 5.32 Å². The molecule has 1 amide bonds. The molecule has 4 nitrogen and oxygen atoms in total. The van der Waals surface area contributed by atoms with Gasteiger partial charge in [-0.2, -0.15) is 5.26 Å². The zero-order chi connectivity index (χ0) is 17.7. The number of benzene rings is 2. The SMILES string of the molecule is C[C@H](Oc1cccc(C#N)c1)C(=O)N[C@@H](C)c1ccc(Cl)cc1Cl. The van der Waals surface area contributed by atoms with Crippen LogP contribution in [-0.2, 0) is 4.79 Å². The highest BCUT2D eigenvalue weighted by Gasteiger charge is 2.19. The summed E-state index contributed by atoms with van der Waals surface area (Å²) < 4.78 is 5.59. The van der Waals surface area contributed by atoms with Crippen molar-refractivity contribution in [3.63, 3.8) is 0 Å². The van der Waals surface area contributed by atoms with Crippen molar-refractivity contribution in [2.45, 2.75) is 26.0 Å². The molecule has 0 heterocycles. The lowest BCUT2D eigenvalue weighted by atomic mass is 10.1. The summed E-state index contributed by atoms with van der Waals surface area (Å²) in [5.74, 6) is 0.185. The van der Waals surface area contributed by atoms with Crippen molar-refractivity contribution in [3.05, 3.63) is 63.6 Å². The monoisotopic (exact) mass is 362 g/mol. The van der Waals surface area contributed by atoms with Crippen LogP contribution in [0.1, 0.15) is 31.0 Å². The van der Waals surface area contributed by atoms with Crippen LogP contribution < -0.4 is 10.1 Å². The average Bonchev–Trinajstić information content (AvgIpc) is 2.54. The minimum absolute atomic E-state index is 0.282. The predicted molar refractivity (Wildman–Crippen MR) is 94.3 cm³/mol. The topological polar surface area (TPSA) is 62.1 Å². The van der Waals surface area contributed by atoms with Crippen molar-refractivity contribution in [1.82, 2.24) is 5.32 Å². The van der Waals surface area contributed by atoms with Crippen molar-refractivity contribution < 1.29 is 9.53 Å². The quantitative estimate of drug-likeness (QED) is 0.850. The summed E-state index contributed by atoms with van der Waals surface area (Å²) in [6.45, 7) is 3.47. The van der Waals surface area contributed by atoms with E-state index >= 15 is 0 Å². The number of nitrogens with one attached hydrogen (secondary N) is 1. The summed E-state index contributed by atoms with van der Waals surface area (Å²) in [7, 11) is 0. The van der Waals surface area contributed by atoms with Crippen LogP contribution >= 0.6 is 23.2 Å². The molecular weight excluding hydrogens is 347 g/mol. The van der Waals surface area contributed by atoms with E-state index in [0.29, 0.717) is 21.4 Å². The highest BCUT2D eigenvalue weighted by molar-refractivity contribution is 6.35. The molecule has 6 heteroatoms. The highest BCUT2D eigenvalue weighted by atomic mass is 35.5. The Bertz CT molecular complexity index is 787. The summed E-state index contributed by atoms with van der Waals surface area (Å²) in [6.07, 6.45) is -0.715. The lowest BCUT2D eigenvalue weighted by molar-refractivity contribution is -0.127. The van der Waals surface area contributed by atoms with Gasteiger partial charge in [0.15, 0.2) is 6.10 Å². The first-order chi connectivity index (χ1) is 11.4. The second-order valence-electron chi connectivity index (χ2n) is 5.30. The van der Waals surface area contributed by atoms with Crippen molar-refractivity contribution in [2.75, 3.05) is 0 Å². The Hall–Kier alpha value is -2.22. The number of ether oxygens (including phenoxy) is 1. The molecule has 0 radical (unpaired) electrons. The van der Waals surface area contributed by atoms with Crippen LogP contribution in [0.3, 0.4) is 0 Å². The van der Waals surface area contributed by atoms with E-state index in [4.69, 9.17) is 33.2 Å². The fraction of sp³-hybridized carbons (Fsp3) is 0.222. The fourth-order valence-corrected chi connectivity index (χ4v) is 2.73. The zero-order valence-electron chi connectivity index (χ0n) is 13.2. The molecule has 0 saturated carbocycles. The number of rotatable bonds is 5. The molecule has 2 rings (SSSR count). The van der Waals surface area contributed by atoms with Crippen molar-refractivity contribution in [3.8, 4) is 11.8 Å². The van der Waals surface area contributed by atoms with Gasteiger partial charge >= 0.3 is 0 Å². The first-order valence-electron chi connectivity index (χ1n) is 7.33. The van der Waals surface area contributed by atoms with Gasteiger partial charge in [-0.15, -0.1) is 0 Å². The molecule has 0 aliphatic rings. The van der Waals surface area contributed by atoms with E-state index in [0.717, 1.165) is 5.56 Å². The maximum absolute atomic E-state index is 12.3. The number of hydrogen-bond donors (Lipinski definition) is 1. The molecule has 0 aliphatic carbocycles. The van der Waals surface area contributed by atoms with Gasteiger partial charge in [0.2, 0.25) is 0 Å². The first-order valence-corrected chi connectivity index (χ1v) is 8.08. The third-order valence-electron chi connectivity index (χ3n) is 3.43. The molecule has 2 atom stereocenters. The van der Waals surface area contributed by atoms with Crippen LogP contribution in [0.15, 0.2) is 42.5 Å². The number of carbonyl (C=O) groups excluding carboxylic acids is 1. The number of nitrogens with zero attached hydrogens (tertiary/aromatic N) is 1. The Morgan fingerprint density at radius 2 is 1.96 bits per heavy atom. The van der Waals surface area contributed by atoms with Crippen LogP contribution in [0, 0.1) is 11.3 Å². The van der Waals surface area contributed by atoms with Crippen molar-refractivity contribution in [1.29, 1.82) is 5.26 Å². The Morgan fingerprint density at radius 1 is 1.21 bits per heavy atom. The van der Waals surface area contributed by atoms with Gasteiger partial charge in [0.1, 0.15) is 5.75 Å². The summed E-state index contributed by atoms with van der Waals surface area (Å²) in [6, 6.07) is 13.5. The second kappa shape index (κ2) is 8.05. The van der Waals surface area contributed by atoms with E-state index in [-0.39, 0.29) is 11.9 Å². The molecule has 124 valence electrons. The molecule has 1 N–H and O–H groups in total. The third kappa shape index (κ3) is 4.64. The van der Waals surface area contributed by atoms with Crippen LogP contribution in [0.25, 0.3) is 0 Å². The second-order valence-corrected chi connectivity index (χ2v) is 6.14. The molecule has 0 fully saturated rings. The molecule has 0 saturated heterocycles. The standard InChI is InChI=1S/C18H16Cl2N2O2/c1-11(16-7-6-14(19)9-17(16)20)22-18(23)12(2)24-15-5-3-4-13(8-15)10-21/h3-9,11-12H,1-2H3,(H,22,23)/t11-,12-/m0/s1. The summed E-state index contributed by atoms with van der Waals surface area (Å²) in [5, 5.41) is 12.8. The number of hydrogen-bond acceptors (Lipinski definition) is 3. The lowest BCUT2D eigenvalue weighted by Gasteiger charge is -2.20. The first kappa shape index (κ1) is 18.1. The van der Waals surface area contributed by atoms with Gasteiger partial charge < -0.3 is 10.1 Å². The molecule has 2 aromatic rings. The minimum atomic E-state index is -0.715. The number of amides is 1. The number of halogens is 2. The van der Waals surface area contributed by atoms with E-state index < -0.39 is 6.10 Å². The van der Waals surface area contributed by atoms with Crippen molar-refractivity contribution >= 4 is 29.1 Å². The molecule has 24 heavy (non-hydrogen) atoms. The molecule has 0 unspecified atom stereocenters. The number of carbonyl (C=O) groups is 1. The van der Waals surface area contributed by atoms with Crippen LogP contribution in [-0.4, -0.2) is 12.0 Å². The van der Waals surface area contributed by atoms with Crippen LogP contribution in [0.2, 0.25) is 10.0 Å². The Balaban J connectivity index is 2.01. The normalized spacial score (nSPS) is 12.8. The summed E-state index contributed by atoms with van der Waals surface area (Å²) in [4.78, 5) is 12.3. The fourth-order valence-electron chi connectivity index (χ4n) is 2.16. The van der Waals surface area contributed by atoms with Gasteiger partial charge in [-0.3, -0.25) is 4.79 Å². The molecule has 0 spiro atoms. The predicted octanol–water partition coefficient (Wildman–Crippen LogP) is 4.51. The van der Waals surface area contributed by atoms with E-state index in [1.807, 2.05) is 13.0 Å². The molecule has 0 bridgehead atoms. The maximum Gasteiger partial charge on any atom is 0.261 e. The van der Waals surface area contributed by atoms with Gasteiger partial charge in [0.05, 0.1) is 17.7 Å². The maximum atomic E-state index is 12.3. The molecular formula is C18H16Cl2N2O2. The van der Waals surface area contributed by atoms with E-state index in [1.54, 1.807) is 49.4 Å². The van der Waals surface area contributed by atoms with Gasteiger partial charge in [0.25, 0.3) is 5.91 Å². The van der Waals surface area contributed by atoms with Gasteiger partial charge in [0, 0.05) is 10.0 Å². The van der Waals surface area contributed by atoms with Crippen LogP contribution in [0.4, 0.5) is 0 Å². The van der Waals surface area contributed by atoms with E-state index in [9.17, 15) is 4.79 Å². The average molecular weight is 363 g/mol. The third-order valence-corrected chi connectivity index (χ3v) is 4.00. The van der Waals surface area contributed by atoms with Crippen molar-refractivity contribution in [2.24, 2.45) is 0 Å². The largest absolute Gasteiger partial charge is 0.481 e. The summed E-state index contributed by atoms with van der Waals surface area (Å²) in [5.41, 5.74) is 1.24. The zero-order valence-corrected chi connectivity index (χ0v) is 14.7. The Labute approximate surface area is 151 Å². The molecule has 2 aromatic carbocycles. The molecule has 0 aromatic heterocycles. The van der Waals surface area contributed by atoms with Gasteiger partial charge in [-0.25, -0.2) is 0 Å². The van der Waals surface area contributed by atoms with Gasteiger partial charge in [-0.1, -0.05) is 35.3 Å². The smallest absolute Gasteiger partial charge is 0.261 e. The highest BCUT2D eigenvalue weighted by Crippen LogP contribution is 2.26. The summed E-state index contributed by atoms with van der Waals surface area (Å²) >= 11 is 12.0. The van der Waals surface area contributed by atoms with Gasteiger partial charge in [-0.05, 0) is 49.7 Å². The lowest BCUT2D eigenvalue weighted by Crippen LogP contribution is -2.37. The Kier molecular flexibility index (Phi) is 6.08.